The van der Waals surface area contributed by atoms with Gasteiger partial charge in [-0.1, -0.05) is 0 Å². The maximum atomic E-state index is 12.2. The first kappa shape index (κ1) is 14.0. The Bertz CT molecular complexity index is 818. The average Bonchev–Trinajstić information content (AvgIpc) is 3.06. The largest absolute Gasteiger partial charge is 0.319 e. The van der Waals surface area contributed by atoms with Crippen LogP contribution in [0.5, 0.6) is 0 Å². The molecule has 22 heavy (non-hydrogen) atoms. The summed E-state index contributed by atoms with van der Waals surface area (Å²) < 4.78 is 1.80. The molecule has 3 heterocycles. The van der Waals surface area contributed by atoms with Crippen molar-refractivity contribution in [2.45, 2.75) is 13.8 Å². The Morgan fingerprint density at radius 1 is 1.36 bits per heavy atom. The standard InChI is InChI=1S/C15H16N6O/c1-9-14(10(2)21(3)20-9)12-7-13(19-18-12)15(22)17-11-5-4-6-16-8-11/h4-8H,1-3H3,(H,17,22)(H,18,19). The Morgan fingerprint density at radius 3 is 2.82 bits per heavy atom. The molecule has 0 fully saturated rings. The highest BCUT2D eigenvalue weighted by atomic mass is 16.1. The zero-order valence-corrected chi connectivity index (χ0v) is 12.6. The van der Waals surface area contributed by atoms with Crippen molar-refractivity contribution >= 4 is 11.6 Å². The van der Waals surface area contributed by atoms with Gasteiger partial charge in [-0.15, -0.1) is 0 Å². The van der Waals surface area contributed by atoms with Crippen molar-refractivity contribution in [3.05, 3.63) is 47.7 Å². The maximum Gasteiger partial charge on any atom is 0.273 e. The van der Waals surface area contributed by atoms with Gasteiger partial charge in [-0.05, 0) is 32.0 Å². The molecule has 7 heteroatoms. The summed E-state index contributed by atoms with van der Waals surface area (Å²) in [6, 6.07) is 5.26. The first-order chi connectivity index (χ1) is 10.6. The summed E-state index contributed by atoms with van der Waals surface area (Å²) >= 11 is 0. The van der Waals surface area contributed by atoms with E-state index in [1.165, 1.54) is 0 Å². The molecule has 0 saturated carbocycles. The highest BCUT2D eigenvalue weighted by Crippen LogP contribution is 2.25. The van der Waals surface area contributed by atoms with Gasteiger partial charge in [0.1, 0.15) is 5.69 Å². The Kier molecular flexibility index (Phi) is 3.46. The zero-order valence-electron chi connectivity index (χ0n) is 12.6. The number of aromatic amines is 1. The molecule has 0 saturated heterocycles. The number of hydrogen-bond acceptors (Lipinski definition) is 4. The van der Waals surface area contributed by atoms with Crippen LogP contribution >= 0.6 is 0 Å². The molecular weight excluding hydrogens is 280 g/mol. The van der Waals surface area contributed by atoms with Crippen molar-refractivity contribution in [1.29, 1.82) is 0 Å². The van der Waals surface area contributed by atoms with Crippen LogP contribution in [0.15, 0.2) is 30.6 Å². The SMILES string of the molecule is Cc1nn(C)c(C)c1-c1cc(C(=O)Nc2cccnc2)[nH]n1. The molecule has 0 radical (unpaired) electrons. The second kappa shape index (κ2) is 5.44. The zero-order chi connectivity index (χ0) is 15.7. The Hall–Kier alpha value is -2.96. The highest BCUT2D eigenvalue weighted by molar-refractivity contribution is 6.03. The fourth-order valence-electron chi connectivity index (χ4n) is 2.35. The molecule has 0 aromatic carbocycles. The third-order valence-electron chi connectivity index (χ3n) is 3.51. The van der Waals surface area contributed by atoms with Crippen LogP contribution in [-0.4, -0.2) is 30.9 Å². The van der Waals surface area contributed by atoms with E-state index in [0.717, 1.165) is 17.0 Å². The first-order valence-corrected chi connectivity index (χ1v) is 6.83. The molecule has 3 rings (SSSR count). The van der Waals surface area contributed by atoms with Gasteiger partial charge in [-0.25, -0.2) is 0 Å². The molecule has 2 N–H and O–H groups in total. The Balaban J connectivity index is 1.86. The molecule has 0 aliphatic rings. The topological polar surface area (TPSA) is 88.5 Å². The second-order valence-electron chi connectivity index (χ2n) is 5.03. The normalized spacial score (nSPS) is 10.7. The highest BCUT2D eigenvalue weighted by Gasteiger charge is 2.17. The predicted octanol–water partition coefficient (Wildman–Crippen LogP) is 2.07. The summed E-state index contributed by atoms with van der Waals surface area (Å²) in [4.78, 5) is 16.2. The molecule has 0 atom stereocenters. The van der Waals surface area contributed by atoms with E-state index in [1.807, 2.05) is 20.9 Å². The molecular formula is C15H16N6O. The van der Waals surface area contributed by atoms with Crippen LogP contribution in [0.3, 0.4) is 0 Å². The fraction of sp³-hybridized carbons (Fsp3) is 0.200. The molecule has 0 unspecified atom stereocenters. The van der Waals surface area contributed by atoms with Crippen LogP contribution in [0, 0.1) is 13.8 Å². The van der Waals surface area contributed by atoms with Crippen molar-refractivity contribution in [2.24, 2.45) is 7.05 Å². The summed E-state index contributed by atoms with van der Waals surface area (Å²) in [6.07, 6.45) is 3.24. The monoisotopic (exact) mass is 296 g/mol. The van der Waals surface area contributed by atoms with E-state index in [-0.39, 0.29) is 5.91 Å². The van der Waals surface area contributed by atoms with Gasteiger partial charge in [-0.2, -0.15) is 10.2 Å². The number of aryl methyl sites for hydroxylation is 2. The quantitative estimate of drug-likeness (QED) is 0.774. The molecule has 0 aliphatic heterocycles. The number of nitrogens with zero attached hydrogens (tertiary/aromatic N) is 4. The van der Waals surface area contributed by atoms with Crippen molar-refractivity contribution in [3.63, 3.8) is 0 Å². The fourth-order valence-corrected chi connectivity index (χ4v) is 2.35. The van der Waals surface area contributed by atoms with Gasteiger partial charge in [0.25, 0.3) is 5.91 Å². The molecule has 3 aromatic rings. The molecule has 7 nitrogen and oxygen atoms in total. The number of hydrogen-bond donors (Lipinski definition) is 2. The molecule has 0 spiro atoms. The van der Waals surface area contributed by atoms with Gasteiger partial charge in [0.15, 0.2) is 0 Å². The van der Waals surface area contributed by atoms with Gasteiger partial charge >= 0.3 is 0 Å². The molecule has 1 amide bonds. The van der Waals surface area contributed by atoms with E-state index in [4.69, 9.17) is 0 Å². The Labute approximate surface area is 127 Å². The maximum absolute atomic E-state index is 12.2. The summed E-state index contributed by atoms with van der Waals surface area (Å²) in [6.45, 7) is 3.89. The minimum Gasteiger partial charge on any atom is -0.319 e. The third-order valence-corrected chi connectivity index (χ3v) is 3.51. The van der Waals surface area contributed by atoms with Crippen LogP contribution < -0.4 is 5.32 Å². The number of carbonyl (C=O) groups excluding carboxylic acids is 1. The van der Waals surface area contributed by atoms with E-state index in [1.54, 1.807) is 35.3 Å². The lowest BCUT2D eigenvalue weighted by Gasteiger charge is -2.01. The number of pyridine rings is 1. The molecule has 3 aromatic heterocycles. The van der Waals surface area contributed by atoms with Gasteiger partial charge in [0.2, 0.25) is 0 Å². The van der Waals surface area contributed by atoms with Gasteiger partial charge in [-0.3, -0.25) is 19.6 Å². The second-order valence-corrected chi connectivity index (χ2v) is 5.03. The van der Waals surface area contributed by atoms with Crippen LogP contribution in [0.4, 0.5) is 5.69 Å². The van der Waals surface area contributed by atoms with Crippen LogP contribution in [0.2, 0.25) is 0 Å². The minimum absolute atomic E-state index is 0.258. The van der Waals surface area contributed by atoms with Crippen molar-refractivity contribution in [2.75, 3.05) is 5.32 Å². The number of carbonyl (C=O) groups is 1. The van der Waals surface area contributed by atoms with Gasteiger partial charge in [0.05, 0.1) is 23.3 Å². The van der Waals surface area contributed by atoms with E-state index in [0.29, 0.717) is 17.1 Å². The van der Waals surface area contributed by atoms with Crippen LogP contribution in [-0.2, 0) is 7.05 Å². The smallest absolute Gasteiger partial charge is 0.273 e. The Morgan fingerprint density at radius 2 is 2.18 bits per heavy atom. The van der Waals surface area contributed by atoms with E-state index in [2.05, 4.69) is 25.6 Å². The minimum atomic E-state index is -0.258. The van der Waals surface area contributed by atoms with E-state index in [9.17, 15) is 4.79 Å². The number of anilines is 1. The van der Waals surface area contributed by atoms with E-state index >= 15 is 0 Å². The predicted molar refractivity (Wildman–Crippen MR) is 82.5 cm³/mol. The van der Waals surface area contributed by atoms with Crippen molar-refractivity contribution in [1.82, 2.24) is 25.0 Å². The van der Waals surface area contributed by atoms with Gasteiger partial charge in [0, 0.05) is 24.5 Å². The van der Waals surface area contributed by atoms with Crippen molar-refractivity contribution in [3.8, 4) is 11.3 Å². The number of nitrogens with one attached hydrogen (secondary N) is 2. The number of rotatable bonds is 3. The van der Waals surface area contributed by atoms with Crippen LogP contribution in [0.1, 0.15) is 21.9 Å². The number of amides is 1. The van der Waals surface area contributed by atoms with Crippen LogP contribution in [0.25, 0.3) is 11.3 Å². The number of H-pyrrole nitrogens is 1. The summed E-state index contributed by atoms with van der Waals surface area (Å²) in [7, 11) is 1.88. The number of aromatic nitrogens is 5. The van der Waals surface area contributed by atoms with E-state index < -0.39 is 0 Å². The third kappa shape index (κ3) is 2.48. The first-order valence-electron chi connectivity index (χ1n) is 6.83. The lowest BCUT2D eigenvalue weighted by Crippen LogP contribution is -2.12. The molecule has 112 valence electrons. The lowest BCUT2D eigenvalue weighted by molar-refractivity contribution is 0.102. The average molecular weight is 296 g/mol. The summed E-state index contributed by atoms with van der Waals surface area (Å²) in [5.41, 5.74) is 4.56. The van der Waals surface area contributed by atoms with Gasteiger partial charge < -0.3 is 5.32 Å². The summed E-state index contributed by atoms with van der Waals surface area (Å²) in [5, 5.41) is 14.1. The molecule has 0 aliphatic carbocycles. The summed E-state index contributed by atoms with van der Waals surface area (Å²) in [5.74, 6) is -0.258. The lowest BCUT2D eigenvalue weighted by atomic mass is 10.1. The van der Waals surface area contributed by atoms with Crippen molar-refractivity contribution < 1.29 is 4.79 Å². The molecule has 0 bridgehead atoms.